The number of ether oxygens (including phenoxy) is 1. The summed E-state index contributed by atoms with van der Waals surface area (Å²) < 4.78 is 57.8. The molecule has 0 radical (unpaired) electrons. The highest BCUT2D eigenvalue weighted by molar-refractivity contribution is 5.86. The molecule has 6 nitrogen and oxygen atoms in total. The van der Waals surface area contributed by atoms with Crippen molar-refractivity contribution >= 4 is 11.9 Å². The van der Waals surface area contributed by atoms with Gasteiger partial charge in [0.25, 0.3) is 0 Å². The van der Waals surface area contributed by atoms with Gasteiger partial charge in [-0.3, -0.25) is 4.79 Å². The third-order valence-electron chi connectivity index (χ3n) is 3.65. The van der Waals surface area contributed by atoms with Crippen LogP contribution in [0.15, 0.2) is 23.2 Å². The summed E-state index contributed by atoms with van der Waals surface area (Å²) in [7, 11) is 3.18. The van der Waals surface area contributed by atoms with Crippen molar-refractivity contribution < 1.29 is 27.1 Å². The second kappa shape index (κ2) is 11.5. The summed E-state index contributed by atoms with van der Waals surface area (Å²) in [6.07, 6.45) is -4.03. The topological polar surface area (TPSA) is 66.0 Å². The van der Waals surface area contributed by atoms with Crippen LogP contribution in [-0.4, -0.2) is 57.2 Å². The first-order chi connectivity index (χ1) is 13.1. The zero-order valence-corrected chi connectivity index (χ0v) is 16.2. The highest BCUT2D eigenvalue weighted by Crippen LogP contribution is 2.32. The number of amides is 1. The maximum absolute atomic E-state index is 13.2. The number of alkyl halides is 3. The minimum absolute atomic E-state index is 0.0696. The van der Waals surface area contributed by atoms with Gasteiger partial charge < -0.3 is 20.3 Å². The van der Waals surface area contributed by atoms with Crippen LogP contribution in [0.4, 0.5) is 17.6 Å². The Balaban J connectivity index is 2.87. The van der Waals surface area contributed by atoms with Crippen LogP contribution in [0, 0.1) is 5.82 Å². The molecule has 1 rings (SSSR count). The van der Waals surface area contributed by atoms with Crippen molar-refractivity contribution in [2.75, 3.05) is 40.4 Å². The molecule has 0 atom stereocenters. The van der Waals surface area contributed by atoms with E-state index in [-0.39, 0.29) is 30.5 Å². The SMILES string of the molecule is CCOCCCNC(=NCc1ccc(F)cc1C(F)(F)F)NCC(=O)N(C)C. The first-order valence-corrected chi connectivity index (χ1v) is 8.80. The summed E-state index contributed by atoms with van der Waals surface area (Å²) in [6, 6.07) is 2.46. The lowest BCUT2D eigenvalue weighted by atomic mass is 10.1. The highest BCUT2D eigenvalue weighted by Gasteiger charge is 2.33. The highest BCUT2D eigenvalue weighted by atomic mass is 19.4. The number of aliphatic imine (C=N–C) groups is 1. The van der Waals surface area contributed by atoms with E-state index in [4.69, 9.17) is 4.74 Å². The molecule has 1 amide bonds. The van der Waals surface area contributed by atoms with E-state index in [1.54, 1.807) is 14.1 Å². The predicted molar refractivity (Wildman–Crippen MR) is 98.4 cm³/mol. The third kappa shape index (κ3) is 8.55. The number of halogens is 4. The minimum atomic E-state index is -4.69. The Hall–Kier alpha value is -2.36. The van der Waals surface area contributed by atoms with Crippen LogP contribution in [0.2, 0.25) is 0 Å². The summed E-state index contributed by atoms with van der Waals surface area (Å²) in [6.45, 7) is 3.03. The maximum atomic E-state index is 13.2. The molecule has 0 aliphatic carbocycles. The van der Waals surface area contributed by atoms with Gasteiger partial charge >= 0.3 is 6.18 Å². The Labute approximate surface area is 162 Å². The van der Waals surface area contributed by atoms with Crippen LogP contribution < -0.4 is 10.6 Å². The van der Waals surface area contributed by atoms with Gasteiger partial charge in [-0.25, -0.2) is 9.38 Å². The maximum Gasteiger partial charge on any atom is 0.416 e. The van der Waals surface area contributed by atoms with Crippen molar-refractivity contribution in [3.05, 3.63) is 35.1 Å². The fourth-order valence-corrected chi connectivity index (χ4v) is 2.13. The standard InChI is InChI=1S/C18H26F4N4O2/c1-4-28-9-5-8-23-17(25-12-16(27)26(2)3)24-11-13-6-7-14(19)10-15(13)18(20,21)22/h6-7,10H,4-5,8-9,11-12H2,1-3H3,(H2,23,24,25). The molecule has 0 saturated heterocycles. The van der Waals surface area contributed by atoms with Crippen molar-refractivity contribution in [1.29, 1.82) is 0 Å². The molecule has 0 unspecified atom stereocenters. The van der Waals surface area contributed by atoms with E-state index in [0.29, 0.717) is 32.2 Å². The van der Waals surface area contributed by atoms with E-state index in [9.17, 15) is 22.4 Å². The zero-order chi connectivity index (χ0) is 21.2. The number of nitrogens with zero attached hydrogens (tertiary/aromatic N) is 2. The molecule has 10 heteroatoms. The summed E-state index contributed by atoms with van der Waals surface area (Å²) in [5, 5.41) is 5.73. The van der Waals surface area contributed by atoms with Gasteiger partial charge in [0.05, 0.1) is 18.7 Å². The second-order valence-electron chi connectivity index (χ2n) is 6.08. The van der Waals surface area contributed by atoms with E-state index >= 15 is 0 Å². The Bertz CT molecular complexity index is 663. The molecule has 0 aliphatic rings. The van der Waals surface area contributed by atoms with Gasteiger partial charge in [-0.2, -0.15) is 13.2 Å². The number of benzene rings is 1. The molecule has 0 aliphatic heterocycles. The van der Waals surface area contributed by atoms with Crippen LogP contribution in [-0.2, 0) is 22.3 Å². The van der Waals surface area contributed by atoms with Gasteiger partial charge in [-0.05, 0) is 31.0 Å². The first kappa shape index (κ1) is 23.7. The Morgan fingerprint density at radius 3 is 2.57 bits per heavy atom. The smallest absolute Gasteiger partial charge is 0.382 e. The summed E-state index contributed by atoms with van der Waals surface area (Å²) in [5.74, 6) is -1.00. The molecule has 0 bridgehead atoms. The van der Waals surface area contributed by atoms with E-state index in [1.807, 2.05) is 6.92 Å². The van der Waals surface area contributed by atoms with Gasteiger partial charge in [-0.15, -0.1) is 0 Å². The lowest BCUT2D eigenvalue weighted by molar-refractivity contribution is -0.138. The molecule has 1 aromatic rings. The Kier molecular flexibility index (Phi) is 9.70. The largest absolute Gasteiger partial charge is 0.416 e. The lowest BCUT2D eigenvalue weighted by Crippen LogP contribution is -2.43. The Morgan fingerprint density at radius 1 is 1.25 bits per heavy atom. The number of carbonyl (C=O) groups excluding carboxylic acids is 1. The summed E-state index contributed by atoms with van der Waals surface area (Å²) in [5.41, 5.74) is -1.24. The molecular weight excluding hydrogens is 380 g/mol. The molecule has 1 aromatic carbocycles. The molecular formula is C18H26F4N4O2. The van der Waals surface area contributed by atoms with Crippen LogP contribution >= 0.6 is 0 Å². The summed E-state index contributed by atoms with van der Waals surface area (Å²) >= 11 is 0. The van der Waals surface area contributed by atoms with E-state index in [2.05, 4.69) is 15.6 Å². The minimum Gasteiger partial charge on any atom is -0.382 e. The van der Waals surface area contributed by atoms with E-state index < -0.39 is 17.6 Å². The van der Waals surface area contributed by atoms with Crippen molar-refractivity contribution in [3.63, 3.8) is 0 Å². The number of guanidine groups is 1. The first-order valence-electron chi connectivity index (χ1n) is 8.80. The molecule has 28 heavy (non-hydrogen) atoms. The van der Waals surface area contributed by atoms with Crippen molar-refractivity contribution in [1.82, 2.24) is 15.5 Å². The average Bonchev–Trinajstić information content (AvgIpc) is 2.62. The number of carbonyl (C=O) groups is 1. The van der Waals surface area contributed by atoms with Crippen LogP contribution in [0.1, 0.15) is 24.5 Å². The van der Waals surface area contributed by atoms with Gasteiger partial charge in [-0.1, -0.05) is 6.07 Å². The van der Waals surface area contributed by atoms with Crippen LogP contribution in [0.3, 0.4) is 0 Å². The fraction of sp³-hybridized carbons (Fsp3) is 0.556. The molecule has 0 aromatic heterocycles. The third-order valence-corrected chi connectivity index (χ3v) is 3.65. The summed E-state index contributed by atoms with van der Waals surface area (Å²) in [4.78, 5) is 17.2. The molecule has 0 heterocycles. The van der Waals surface area contributed by atoms with Gasteiger partial charge in [0.15, 0.2) is 5.96 Å². The van der Waals surface area contributed by atoms with E-state index in [1.165, 1.54) is 4.90 Å². The number of hydrogen-bond acceptors (Lipinski definition) is 3. The van der Waals surface area contributed by atoms with Gasteiger partial charge in [0, 0.05) is 33.9 Å². The van der Waals surface area contributed by atoms with Crippen molar-refractivity contribution in [2.45, 2.75) is 26.1 Å². The van der Waals surface area contributed by atoms with Crippen molar-refractivity contribution in [2.24, 2.45) is 4.99 Å². The number of rotatable bonds is 9. The van der Waals surface area contributed by atoms with E-state index in [0.717, 1.165) is 12.1 Å². The normalized spacial score (nSPS) is 12.0. The lowest BCUT2D eigenvalue weighted by Gasteiger charge is -2.16. The van der Waals surface area contributed by atoms with Gasteiger partial charge in [0.1, 0.15) is 5.82 Å². The average molecular weight is 406 g/mol. The number of likely N-dealkylation sites (N-methyl/N-ethyl adjacent to an activating group) is 1. The molecule has 158 valence electrons. The predicted octanol–water partition coefficient (Wildman–Crippen LogP) is 2.39. The quantitative estimate of drug-likeness (QED) is 0.286. The monoisotopic (exact) mass is 406 g/mol. The van der Waals surface area contributed by atoms with Gasteiger partial charge in [0.2, 0.25) is 5.91 Å². The number of nitrogens with one attached hydrogen (secondary N) is 2. The molecule has 0 saturated carbocycles. The molecule has 2 N–H and O–H groups in total. The second-order valence-corrected chi connectivity index (χ2v) is 6.08. The Morgan fingerprint density at radius 2 is 1.96 bits per heavy atom. The van der Waals surface area contributed by atoms with Crippen LogP contribution in [0.5, 0.6) is 0 Å². The zero-order valence-electron chi connectivity index (χ0n) is 16.2. The van der Waals surface area contributed by atoms with Crippen LogP contribution in [0.25, 0.3) is 0 Å². The van der Waals surface area contributed by atoms with Crippen molar-refractivity contribution in [3.8, 4) is 0 Å². The molecule has 0 spiro atoms. The fourth-order valence-electron chi connectivity index (χ4n) is 2.13. The number of hydrogen-bond donors (Lipinski definition) is 2. The molecule has 0 fully saturated rings.